The van der Waals surface area contributed by atoms with Gasteiger partial charge in [0.1, 0.15) is 12.3 Å². The van der Waals surface area contributed by atoms with Crippen LogP contribution in [0.25, 0.3) is 0 Å². The average Bonchev–Trinajstić information content (AvgIpc) is 2.58. The summed E-state index contributed by atoms with van der Waals surface area (Å²) in [4.78, 5) is 7.11. The number of rotatable bonds is 1. The van der Waals surface area contributed by atoms with Crippen molar-refractivity contribution in [3.8, 4) is 0 Å². The summed E-state index contributed by atoms with van der Waals surface area (Å²) in [5, 5.41) is 3.77. The summed E-state index contributed by atoms with van der Waals surface area (Å²) in [5.74, 6) is 0. The van der Waals surface area contributed by atoms with Crippen LogP contribution in [0.3, 0.4) is 0 Å². The molecule has 0 amide bonds. The molecule has 0 N–H and O–H groups in total. The number of oxime groups is 1. The van der Waals surface area contributed by atoms with Crippen LogP contribution in [0.5, 0.6) is 0 Å². The summed E-state index contributed by atoms with van der Waals surface area (Å²) in [6.45, 7) is 5.68. The first-order valence-corrected chi connectivity index (χ1v) is 4.81. The maximum Gasteiger partial charge on any atom is 0.164 e. The first kappa shape index (κ1) is 8.94. The molecule has 1 aliphatic heterocycles. The zero-order chi connectivity index (χ0) is 9.42. The van der Waals surface area contributed by atoms with Gasteiger partial charge >= 0.3 is 0 Å². The highest BCUT2D eigenvalue weighted by Crippen LogP contribution is 2.31. The van der Waals surface area contributed by atoms with E-state index in [4.69, 9.17) is 4.84 Å². The number of hydrogen-bond acceptors (Lipinski definition) is 3. The summed E-state index contributed by atoms with van der Waals surface area (Å²) in [5.41, 5.74) is 0.577. The predicted octanol–water partition coefficient (Wildman–Crippen LogP) is 1.19. The molecule has 4 heteroatoms. The van der Waals surface area contributed by atoms with Crippen molar-refractivity contribution in [3.63, 3.8) is 0 Å². The van der Waals surface area contributed by atoms with E-state index in [9.17, 15) is 4.39 Å². The quantitative estimate of drug-likeness (QED) is 0.614. The minimum Gasteiger partial charge on any atom is -0.396 e. The second-order valence-electron chi connectivity index (χ2n) is 3.88. The molecule has 0 aromatic rings. The fraction of sp³-hybridized carbons (Fsp3) is 0.889. The van der Waals surface area contributed by atoms with Crippen LogP contribution < -0.4 is 0 Å². The molecule has 1 saturated carbocycles. The summed E-state index contributed by atoms with van der Waals surface area (Å²) < 4.78 is 13.2. The normalized spacial score (nSPS) is 38.3. The van der Waals surface area contributed by atoms with Crippen LogP contribution in [0.1, 0.15) is 20.3 Å². The van der Waals surface area contributed by atoms with Crippen LogP contribution in [-0.4, -0.2) is 42.0 Å². The predicted molar refractivity (Wildman–Crippen MR) is 48.5 cm³/mol. The Morgan fingerprint density at radius 2 is 2.38 bits per heavy atom. The van der Waals surface area contributed by atoms with Crippen LogP contribution in [0.15, 0.2) is 5.16 Å². The van der Waals surface area contributed by atoms with Gasteiger partial charge in [-0.2, -0.15) is 0 Å². The summed E-state index contributed by atoms with van der Waals surface area (Å²) >= 11 is 0. The molecule has 0 spiro atoms. The third-order valence-corrected chi connectivity index (χ3v) is 2.60. The zero-order valence-corrected chi connectivity index (χ0v) is 8.03. The van der Waals surface area contributed by atoms with Gasteiger partial charge in [-0.15, -0.1) is 0 Å². The van der Waals surface area contributed by atoms with Crippen molar-refractivity contribution in [2.24, 2.45) is 5.16 Å². The fourth-order valence-electron chi connectivity index (χ4n) is 1.80. The lowest BCUT2D eigenvalue weighted by Gasteiger charge is -2.25. The van der Waals surface area contributed by atoms with Crippen LogP contribution in [0, 0.1) is 0 Å². The zero-order valence-electron chi connectivity index (χ0n) is 8.03. The van der Waals surface area contributed by atoms with Crippen LogP contribution in [0.4, 0.5) is 4.39 Å². The molecular formula is C9H15FN2O. The second-order valence-corrected chi connectivity index (χ2v) is 3.88. The van der Waals surface area contributed by atoms with E-state index in [0.717, 1.165) is 13.0 Å². The maximum atomic E-state index is 13.2. The van der Waals surface area contributed by atoms with Crippen molar-refractivity contribution in [1.29, 1.82) is 0 Å². The number of nitrogens with zero attached hydrogens (tertiary/aromatic N) is 2. The fourth-order valence-corrected chi connectivity index (χ4v) is 1.80. The minimum absolute atomic E-state index is 0.0969. The molecule has 1 fully saturated rings. The van der Waals surface area contributed by atoms with E-state index in [1.54, 1.807) is 0 Å². The summed E-state index contributed by atoms with van der Waals surface area (Å²) in [7, 11) is 0. The van der Waals surface area contributed by atoms with Crippen molar-refractivity contribution in [2.45, 2.75) is 38.5 Å². The molecule has 0 radical (unpaired) electrons. The van der Waals surface area contributed by atoms with E-state index in [2.05, 4.69) is 23.9 Å². The third-order valence-electron chi connectivity index (χ3n) is 2.60. The van der Waals surface area contributed by atoms with Crippen molar-refractivity contribution in [1.82, 2.24) is 4.90 Å². The molecule has 2 aliphatic rings. The van der Waals surface area contributed by atoms with Gasteiger partial charge in [0, 0.05) is 12.6 Å². The number of fused-ring (bicyclic) bond motifs is 1. The van der Waals surface area contributed by atoms with Gasteiger partial charge in [-0.3, -0.25) is 4.90 Å². The van der Waals surface area contributed by atoms with Crippen molar-refractivity contribution in [3.05, 3.63) is 0 Å². The van der Waals surface area contributed by atoms with E-state index >= 15 is 0 Å². The Morgan fingerprint density at radius 1 is 1.62 bits per heavy atom. The Balaban J connectivity index is 2.10. The van der Waals surface area contributed by atoms with Crippen LogP contribution in [0.2, 0.25) is 0 Å². The number of alkyl halides is 1. The molecule has 1 aliphatic carbocycles. The van der Waals surface area contributed by atoms with Crippen molar-refractivity contribution < 1.29 is 9.23 Å². The Kier molecular flexibility index (Phi) is 2.24. The smallest absolute Gasteiger partial charge is 0.164 e. The monoisotopic (exact) mass is 186 g/mol. The number of halogens is 1. The highest BCUT2D eigenvalue weighted by molar-refractivity contribution is 6.10. The van der Waals surface area contributed by atoms with E-state index in [-0.39, 0.29) is 6.04 Å². The minimum atomic E-state index is -0.888. The Hall–Kier alpha value is -0.640. The topological polar surface area (TPSA) is 24.8 Å². The highest BCUT2D eigenvalue weighted by atomic mass is 19.1. The molecule has 1 heterocycles. The van der Waals surface area contributed by atoms with Crippen molar-refractivity contribution in [2.75, 3.05) is 13.2 Å². The highest BCUT2D eigenvalue weighted by Gasteiger charge is 2.53. The average molecular weight is 186 g/mol. The lowest BCUT2D eigenvalue weighted by atomic mass is 10.3. The Morgan fingerprint density at radius 3 is 3.08 bits per heavy atom. The molecule has 13 heavy (non-hydrogen) atoms. The van der Waals surface area contributed by atoms with Gasteiger partial charge in [-0.25, -0.2) is 4.39 Å². The Bertz CT molecular complexity index is 230. The SMILES string of the molecule is CC(C)N1CCCO/N=C2/[C@H](F)[C@H]21. The van der Waals surface area contributed by atoms with E-state index in [1.165, 1.54) is 0 Å². The van der Waals surface area contributed by atoms with Gasteiger partial charge in [-0.1, -0.05) is 5.16 Å². The molecule has 0 saturated heterocycles. The van der Waals surface area contributed by atoms with E-state index in [0.29, 0.717) is 18.4 Å². The second kappa shape index (κ2) is 3.25. The molecule has 74 valence electrons. The summed E-state index contributed by atoms with van der Waals surface area (Å²) in [6, 6.07) is 0.286. The van der Waals surface area contributed by atoms with E-state index < -0.39 is 6.17 Å². The lowest BCUT2D eigenvalue weighted by Crippen LogP contribution is -2.37. The van der Waals surface area contributed by atoms with Crippen molar-refractivity contribution >= 4 is 5.71 Å². The third kappa shape index (κ3) is 1.55. The van der Waals surface area contributed by atoms with Gasteiger partial charge in [0.15, 0.2) is 6.17 Å². The van der Waals surface area contributed by atoms with Gasteiger partial charge < -0.3 is 4.84 Å². The maximum absolute atomic E-state index is 13.2. The van der Waals surface area contributed by atoms with Gasteiger partial charge in [0.25, 0.3) is 0 Å². The molecule has 2 atom stereocenters. The molecular weight excluding hydrogens is 171 g/mol. The van der Waals surface area contributed by atoms with Crippen LogP contribution in [-0.2, 0) is 4.84 Å². The van der Waals surface area contributed by atoms with Gasteiger partial charge in [0.2, 0.25) is 0 Å². The van der Waals surface area contributed by atoms with Gasteiger partial charge in [0.05, 0.1) is 6.04 Å². The Labute approximate surface area is 77.5 Å². The molecule has 3 nitrogen and oxygen atoms in total. The first-order chi connectivity index (χ1) is 6.22. The molecule has 0 aromatic heterocycles. The first-order valence-electron chi connectivity index (χ1n) is 4.81. The summed E-state index contributed by atoms with van der Waals surface area (Å²) in [6.07, 6.45) is 0.0403. The molecule has 0 aromatic carbocycles. The lowest BCUT2D eigenvalue weighted by molar-refractivity contribution is 0.111. The standard InChI is InChI=1S/C9H15FN2O/c1-6(2)12-4-3-5-13-11-8-7(10)9(8)12/h6-7,9H,3-5H2,1-2H3/b11-8-/t7-,9+/m0/s1. The molecule has 0 bridgehead atoms. The molecule has 0 unspecified atom stereocenters. The van der Waals surface area contributed by atoms with E-state index in [1.807, 2.05) is 0 Å². The van der Waals surface area contributed by atoms with Gasteiger partial charge in [-0.05, 0) is 20.3 Å². The number of hydrogen-bond donors (Lipinski definition) is 0. The van der Waals surface area contributed by atoms with Crippen LogP contribution >= 0.6 is 0 Å². The largest absolute Gasteiger partial charge is 0.396 e. The molecule has 2 rings (SSSR count).